The summed E-state index contributed by atoms with van der Waals surface area (Å²) in [7, 11) is 3.91. The first-order valence-corrected chi connectivity index (χ1v) is 9.67. The van der Waals surface area contributed by atoms with Crippen LogP contribution in [0.5, 0.6) is 5.75 Å². The van der Waals surface area contributed by atoms with Gasteiger partial charge in [-0.25, -0.2) is 9.78 Å². The SMILES string of the molecule is CN1CCN(c2ncccc2CNC(=O)N(C)CCOc2ccccc2)CC1. The van der Waals surface area contributed by atoms with Gasteiger partial charge in [0.2, 0.25) is 0 Å². The van der Waals surface area contributed by atoms with Crippen molar-refractivity contribution in [1.29, 1.82) is 0 Å². The molecule has 0 atom stereocenters. The Kier molecular flexibility index (Phi) is 7.08. The second-order valence-corrected chi connectivity index (χ2v) is 7.02. The molecule has 150 valence electrons. The molecule has 7 heteroatoms. The fourth-order valence-electron chi connectivity index (χ4n) is 3.10. The van der Waals surface area contributed by atoms with Gasteiger partial charge >= 0.3 is 6.03 Å². The van der Waals surface area contributed by atoms with Crippen LogP contribution < -0.4 is 15.0 Å². The minimum absolute atomic E-state index is 0.121. The van der Waals surface area contributed by atoms with Crippen LogP contribution in [-0.4, -0.2) is 74.2 Å². The number of likely N-dealkylation sites (N-methyl/N-ethyl adjacent to an activating group) is 2. The van der Waals surface area contributed by atoms with Crippen molar-refractivity contribution in [2.75, 3.05) is 58.3 Å². The smallest absolute Gasteiger partial charge is 0.317 e. The van der Waals surface area contributed by atoms with Crippen molar-refractivity contribution in [3.63, 3.8) is 0 Å². The van der Waals surface area contributed by atoms with E-state index >= 15 is 0 Å². The molecule has 2 aromatic rings. The highest BCUT2D eigenvalue weighted by atomic mass is 16.5. The molecule has 0 bridgehead atoms. The summed E-state index contributed by atoms with van der Waals surface area (Å²) in [5.74, 6) is 1.77. The quantitative estimate of drug-likeness (QED) is 0.793. The topological polar surface area (TPSA) is 60.9 Å². The van der Waals surface area contributed by atoms with Crippen LogP contribution in [0.2, 0.25) is 0 Å². The van der Waals surface area contributed by atoms with E-state index in [4.69, 9.17) is 4.74 Å². The number of para-hydroxylation sites is 1. The van der Waals surface area contributed by atoms with E-state index in [1.807, 2.05) is 48.7 Å². The fraction of sp³-hybridized carbons (Fsp3) is 0.429. The highest BCUT2D eigenvalue weighted by molar-refractivity contribution is 5.74. The van der Waals surface area contributed by atoms with Gasteiger partial charge in [-0.1, -0.05) is 24.3 Å². The van der Waals surface area contributed by atoms with Gasteiger partial charge < -0.3 is 24.8 Å². The molecule has 0 saturated carbocycles. The zero-order valence-corrected chi connectivity index (χ0v) is 16.7. The molecule has 1 aromatic carbocycles. The zero-order valence-electron chi connectivity index (χ0n) is 16.7. The minimum atomic E-state index is -0.121. The van der Waals surface area contributed by atoms with Gasteiger partial charge in [-0.2, -0.15) is 0 Å². The Labute approximate surface area is 166 Å². The molecule has 0 unspecified atom stereocenters. The highest BCUT2D eigenvalue weighted by Crippen LogP contribution is 2.18. The Balaban J connectivity index is 1.47. The van der Waals surface area contributed by atoms with Gasteiger partial charge in [0.1, 0.15) is 18.2 Å². The molecule has 28 heavy (non-hydrogen) atoms. The molecule has 2 amide bonds. The van der Waals surface area contributed by atoms with Gasteiger partial charge in [0.15, 0.2) is 0 Å². The number of carbonyl (C=O) groups is 1. The van der Waals surface area contributed by atoms with Crippen LogP contribution in [0.25, 0.3) is 0 Å². The predicted octanol–water partition coefficient (Wildman–Crippen LogP) is 2.05. The molecule has 7 nitrogen and oxygen atoms in total. The number of nitrogens with zero attached hydrogens (tertiary/aromatic N) is 4. The van der Waals surface area contributed by atoms with E-state index in [2.05, 4.69) is 27.1 Å². The fourth-order valence-corrected chi connectivity index (χ4v) is 3.10. The average Bonchev–Trinajstić information content (AvgIpc) is 2.73. The number of benzene rings is 1. The van der Waals surface area contributed by atoms with Gasteiger partial charge in [0, 0.05) is 51.5 Å². The molecule has 0 radical (unpaired) electrons. The summed E-state index contributed by atoms with van der Waals surface area (Å²) >= 11 is 0. The number of carbonyl (C=O) groups excluding carboxylic acids is 1. The third-order valence-electron chi connectivity index (χ3n) is 4.89. The molecule has 1 saturated heterocycles. The standard InChI is InChI=1S/C21H29N5O2/c1-24-11-13-26(14-12-24)20-18(7-6-10-22-20)17-23-21(27)25(2)15-16-28-19-8-4-3-5-9-19/h3-10H,11-17H2,1-2H3,(H,23,27). The lowest BCUT2D eigenvalue weighted by Gasteiger charge is -2.34. The maximum Gasteiger partial charge on any atom is 0.317 e. The predicted molar refractivity (Wildman–Crippen MR) is 111 cm³/mol. The molecular weight excluding hydrogens is 354 g/mol. The van der Waals surface area contributed by atoms with Crippen LogP contribution in [0.3, 0.4) is 0 Å². The maximum atomic E-state index is 12.4. The molecule has 0 aliphatic carbocycles. The Bertz CT molecular complexity index is 747. The molecule has 2 heterocycles. The number of aromatic nitrogens is 1. The van der Waals surface area contributed by atoms with Crippen molar-refractivity contribution in [3.05, 3.63) is 54.2 Å². The number of rotatable bonds is 7. The zero-order chi connectivity index (χ0) is 19.8. The number of hydrogen-bond acceptors (Lipinski definition) is 5. The molecule has 1 aromatic heterocycles. The van der Waals surface area contributed by atoms with Crippen molar-refractivity contribution in [3.8, 4) is 5.75 Å². The van der Waals surface area contributed by atoms with Gasteiger partial charge in [0.25, 0.3) is 0 Å². The maximum absolute atomic E-state index is 12.4. The first kappa shape index (κ1) is 19.9. The summed E-state index contributed by atoms with van der Waals surface area (Å²) in [6, 6.07) is 13.4. The number of amides is 2. The van der Waals surface area contributed by atoms with E-state index in [-0.39, 0.29) is 6.03 Å². The molecule has 1 fully saturated rings. The van der Waals surface area contributed by atoms with Crippen molar-refractivity contribution in [1.82, 2.24) is 20.1 Å². The number of pyridine rings is 1. The number of anilines is 1. The molecule has 1 N–H and O–H groups in total. The molecular formula is C21H29N5O2. The third-order valence-corrected chi connectivity index (χ3v) is 4.89. The number of piperazine rings is 1. The van der Waals surface area contributed by atoms with Crippen molar-refractivity contribution in [2.45, 2.75) is 6.54 Å². The van der Waals surface area contributed by atoms with E-state index in [0.29, 0.717) is 19.7 Å². The summed E-state index contributed by atoms with van der Waals surface area (Å²) < 4.78 is 5.65. The lowest BCUT2D eigenvalue weighted by molar-refractivity contribution is 0.195. The van der Waals surface area contributed by atoms with E-state index in [1.165, 1.54) is 0 Å². The number of nitrogens with one attached hydrogen (secondary N) is 1. The van der Waals surface area contributed by atoms with Crippen LogP contribution in [0, 0.1) is 0 Å². The van der Waals surface area contributed by atoms with Gasteiger partial charge in [-0.15, -0.1) is 0 Å². The molecule has 3 rings (SSSR count). The largest absolute Gasteiger partial charge is 0.492 e. The number of urea groups is 1. The summed E-state index contributed by atoms with van der Waals surface area (Å²) in [6.45, 7) is 5.36. The monoisotopic (exact) mass is 383 g/mol. The normalized spacial score (nSPS) is 14.6. The van der Waals surface area contributed by atoms with Crippen LogP contribution in [-0.2, 0) is 6.54 Å². The van der Waals surface area contributed by atoms with Gasteiger partial charge in [-0.05, 0) is 25.2 Å². The van der Waals surface area contributed by atoms with Crippen LogP contribution >= 0.6 is 0 Å². The van der Waals surface area contributed by atoms with Crippen LogP contribution in [0.1, 0.15) is 5.56 Å². The average molecular weight is 383 g/mol. The Morgan fingerprint density at radius 2 is 1.89 bits per heavy atom. The van der Waals surface area contributed by atoms with E-state index in [9.17, 15) is 4.79 Å². The second-order valence-electron chi connectivity index (χ2n) is 7.02. The van der Waals surface area contributed by atoms with Crippen molar-refractivity contribution in [2.24, 2.45) is 0 Å². The number of hydrogen-bond donors (Lipinski definition) is 1. The first-order chi connectivity index (χ1) is 13.6. The molecule has 0 spiro atoms. The van der Waals surface area contributed by atoms with Gasteiger partial charge in [-0.3, -0.25) is 0 Å². The number of ether oxygens (including phenoxy) is 1. The Morgan fingerprint density at radius 1 is 1.14 bits per heavy atom. The van der Waals surface area contributed by atoms with E-state index < -0.39 is 0 Å². The third kappa shape index (κ3) is 5.60. The Hall–Kier alpha value is -2.80. The van der Waals surface area contributed by atoms with E-state index in [0.717, 1.165) is 43.3 Å². The lowest BCUT2D eigenvalue weighted by atomic mass is 10.2. The van der Waals surface area contributed by atoms with Crippen molar-refractivity contribution < 1.29 is 9.53 Å². The summed E-state index contributed by atoms with van der Waals surface area (Å²) in [4.78, 5) is 23.2. The first-order valence-electron chi connectivity index (χ1n) is 9.67. The second kappa shape index (κ2) is 9.94. The van der Waals surface area contributed by atoms with Gasteiger partial charge in [0.05, 0.1) is 6.54 Å². The van der Waals surface area contributed by atoms with E-state index in [1.54, 1.807) is 11.9 Å². The van der Waals surface area contributed by atoms with Crippen LogP contribution in [0.15, 0.2) is 48.7 Å². The minimum Gasteiger partial charge on any atom is -0.492 e. The summed E-state index contributed by atoms with van der Waals surface area (Å²) in [5.41, 5.74) is 1.04. The highest BCUT2D eigenvalue weighted by Gasteiger charge is 2.18. The van der Waals surface area contributed by atoms with Crippen molar-refractivity contribution >= 4 is 11.8 Å². The Morgan fingerprint density at radius 3 is 2.64 bits per heavy atom. The summed E-state index contributed by atoms with van der Waals surface area (Å²) in [5, 5.41) is 2.99. The van der Waals surface area contributed by atoms with Crippen LogP contribution in [0.4, 0.5) is 10.6 Å². The molecule has 1 aliphatic rings. The molecule has 1 aliphatic heterocycles. The summed E-state index contributed by atoms with van der Waals surface area (Å²) in [6.07, 6.45) is 1.81. The lowest BCUT2D eigenvalue weighted by Crippen LogP contribution is -2.45.